The van der Waals surface area contributed by atoms with Gasteiger partial charge in [-0.2, -0.15) is 0 Å². The molecule has 0 fully saturated rings. The number of esters is 1. The number of methoxy groups -OCH3 is 1. The van der Waals surface area contributed by atoms with Crippen LogP contribution in [0.15, 0.2) is 36.4 Å². The van der Waals surface area contributed by atoms with Gasteiger partial charge in [0.2, 0.25) is 0 Å². The largest absolute Gasteiger partial charge is 0.496 e. The van der Waals surface area contributed by atoms with E-state index in [9.17, 15) is 25.0 Å². The minimum absolute atomic E-state index is 0.0690. The molecule has 0 atom stereocenters. The fourth-order valence-electron chi connectivity index (χ4n) is 2.00. The second kappa shape index (κ2) is 7.58. The van der Waals surface area contributed by atoms with Crippen LogP contribution in [0.4, 0.5) is 11.4 Å². The fraction of sp³-hybridized carbons (Fsp3) is 0.133. The molecule has 0 spiro atoms. The van der Waals surface area contributed by atoms with Gasteiger partial charge in [0.25, 0.3) is 11.4 Å². The van der Waals surface area contributed by atoms with E-state index < -0.39 is 21.5 Å². The van der Waals surface area contributed by atoms with E-state index in [0.29, 0.717) is 5.75 Å². The summed E-state index contributed by atoms with van der Waals surface area (Å²) in [5.74, 6) is -0.534. The summed E-state index contributed by atoms with van der Waals surface area (Å²) in [4.78, 5) is 32.4. The van der Waals surface area contributed by atoms with Crippen LogP contribution >= 0.6 is 11.6 Å². The van der Waals surface area contributed by atoms with Crippen molar-refractivity contribution in [3.63, 3.8) is 0 Å². The lowest BCUT2D eigenvalue weighted by molar-refractivity contribution is -0.385. The third-order valence-electron chi connectivity index (χ3n) is 3.21. The highest BCUT2D eigenvalue weighted by molar-refractivity contribution is 6.32. The van der Waals surface area contributed by atoms with E-state index >= 15 is 0 Å². The second-order valence-corrected chi connectivity index (χ2v) is 5.16. The Morgan fingerprint density at radius 3 is 2.44 bits per heavy atom. The maximum atomic E-state index is 12.1. The van der Waals surface area contributed by atoms with E-state index in [1.54, 1.807) is 0 Å². The Morgan fingerprint density at radius 2 is 1.84 bits per heavy atom. The molecule has 9 nitrogen and oxygen atoms in total. The van der Waals surface area contributed by atoms with Gasteiger partial charge in [-0.1, -0.05) is 11.6 Å². The van der Waals surface area contributed by atoms with E-state index in [4.69, 9.17) is 21.1 Å². The molecule has 2 aromatic rings. The summed E-state index contributed by atoms with van der Waals surface area (Å²) in [7, 11) is 1.37. The van der Waals surface area contributed by atoms with Crippen LogP contribution in [0.1, 0.15) is 15.9 Å². The highest BCUT2D eigenvalue weighted by Gasteiger charge is 2.18. The number of carbonyl (C=O) groups excluding carboxylic acids is 1. The Morgan fingerprint density at radius 1 is 1.12 bits per heavy atom. The predicted molar refractivity (Wildman–Crippen MR) is 86.9 cm³/mol. The van der Waals surface area contributed by atoms with Gasteiger partial charge < -0.3 is 9.47 Å². The molecular weight excluding hydrogens is 356 g/mol. The summed E-state index contributed by atoms with van der Waals surface area (Å²) >= 11 is 5.68. The molecule has 0 amide bonds. The van der Waals surface area contributed by atoms with E-state index in [1.165, 1.54) is 37.4 Å². The van der Waals surface area contributed by atoms with Gasteiger partial charge in [0.15, 0.2) is 0 Å². The normalized spacial score (nSPS) is 10.2. The first-order valence-corrected chi connectivity index (χ1v) is 7.13. The Hall–Kier alpha value is -3.20. The lowest BCUT2D eigenvalue weighted by Gasteiger charge is -2.09. The minimum Gasteiger partial charge on any atom is -0.496 e. The van der Waals surface area contributed by atoms with Crippen molar-refractivity contribution in [2.45, 2.75) is 6.61 Å². The minimum atomic E-state index is -0.840. The van der Waals surface area contributed by atoms with Gasteiger partial charge in [0.05, 0.1) is 22.5 Å². The third-order valence-corrected chi connectivity index (χ3v) is 3.53. The molecule has 25 heavy (non-hydrogen) atoms. The highest BCUT2D eigenvalue weighted by atomic mass is 35.5. The van der Waals surface area contributed by atoms with Gasteiger partial charge >= 0.3 is 5.97 Å². The molecule has 0 heterocycles. The lowest BCUT2D eigenvalue weighted by Crippen LogP contribution is -2.07. The summed E-state index contributed by atoms with van der Waals surface area (Å²) in [6, 6.07) is 7.35. The predicted octanol–water partition coefficient (Wildman–Crippen LogP) is 3.52. The first-order valence-electron chi connectivity index (χ1n) is 6.76. The molecule has 0 aliphatic carbocycles. The summed E-state index contributed by atoms with van der Waals surface area (Å²) < 4.78 is 10.1. The zero-order valence-electron chi connectivity index (χ0n) is 12.8. The quantitative estimate of drug-likeness (QED) is 0.435. The number of carbonyl (C=O) groups is 1. The summed E-state index contributed by atoms with van der Waals surface area (Å²) in [5.41, 5.74) is -0.396. The Bertz CT molecular complexity index is 854. The molecule has 0 saturated carbocycles. The van der Waals surface area contributed by atoms with Crippen LogP contribution in [-0.2, 0) is 11.3 Å². The third kappa shape index (κ3) is 4.21. The van der Waals surface area contributed by atoms with Crippen molar-refractivity contribution >= 4 is 28.9 Å². The fourth-order valence-corrected chi connectivity index (χ4v) is 2.18. The van der Waals surface area contributed by atoms with E-state index in [-0.39, 0.29) is 28.4 Å². The molecular formula is C15H11ClN2O7. The van der Waals surface area contributed by atoms with Crippen LogP contribution in [0.25, 0.3) is 0 Å². The standard InChI is InChI=1S/C15H11ClN2O7/c1-24-14-5-3-11(17(20)21)6-10(14)8-25-15(19)9-2-4-12(16)13(7-9)18(22)23/h2-7H,8H2,1H3. The molecule has 130 valence electrons. The SMILES string of the molecule is COc1ccc([N+](=O)[O-])cc1COC(=O)c1ccc(Cl)c([N+](=O)[O-])c1. The van der Waals surface area contributed by atoms with Crippen LogP contribution in [-0.4, -0.2) is 22.9 Å². The van der Waals surface area contributed by atoms with Gasteiger partial charge in [-0.05, 0) is 18.2 Å². The van der Waals surface area contributed by atoms with Crippen molar-refractivity contribution in [1.29, 1.82) is 0 Å². The second-order valence-electron chi connectivity index (χ2n) is 4.75. The van der Waals surface area contributed by atoms with Gasteiger partial charge in [0, 0.05) is 23.8 Å². The molecule has 0 aliphatic rings. The van der Waals surface area contributed by atoms with Crippen molar-refractivity contribution in [2.24, 2.45) is 0 Å². The number of hydrogen-bond donors (Lipinski definition) is 0. The maximum absolute atomic E-state index is 12.1. The van der Waals surface area contributed by atoms with Gasteiger partial charge in [-0.25, -0.2) is 4.79 Å². The zero-order valence-corrected chi connectivity index (χ0v) is 13.6. The van der Waals surface area contributed by atoms with E-state index in [0.717, 1.165) is 6.07 Å². The van der Waals surface area contributed by atoms with Crippen LogP contribution in [0, 0.1) is 20.2 Å². The molecule has 0 radical (unpaired) electrons. The molecule has 0 aromatic heterocycles. The number of hydrogen-bond acceptors (Lipinski definition) is 7. The first-order chi connectivity index (χ1) is 11.8. The van der Waals surface area contributed by atoms with Crippen LogP contribution in [0.5, 0.6) is 5.75 Å². The van der Waals surface area contributed by atoms with E-state index in [2.05, 4.69) is 0 Å². The number of nitro benzene ring substituents is 2. The summed E-state index contributed by atoms with van der Waals surface area (Å²) in [5, 5.41) is 21.6. The number of halogens is 1. The Balaban J connectivity index is 2.20. The average Bonchev–Trinajstić information content (AvgIpc) is 2.59. The number of nitrogens with zero attached hydrogens (tertiary/aromatic N) is 2. The van der Waals surface area contributed by atoms with Crippen LogP contribution < -0.4 is 4.74 Å². The number of rotatable bonds is 6. The van der Waals surface area contributed by atoms with Crippen LogP contribution in [0.2, 0.25) is 5.02 Å². The number of benzene rings is 2. The molecule has 10 heteroatoms. The number of non-ortho nitro benzene ring substituents is 1. The monoisotopic (exact) mass is 366 g/mol. The number of nitro groups is 2. The molecule has 0 N–H and O–H groups in total. The molecule has 2 rings (SSSR count). The van der Waals surface area contributed by atoms with Gasteiger partial charge in [0.1, 0.15) is 17.4 Å². The summed E-state index contributed by atoms with van der Waals surface area (Å²) in [6.07, 6.45) is 0. The number of ether oxygens (including phenoxy) is 2. The molecule has 2 aromatic carbocycles. The van der Waals surface area contributed by atoms with Crippen LogP contribution in [0.3, 0.4) is 0 Å². The molecule has 0 saturated heterocycles. The van der Waals surface area contributed by atoms with Crippen molar-refractivity contribution < 1.29 is 24.1 Å². The topological polar surface area (TPSA) is 122 Å². The van der Waals surface area contributed by atoms with Crippen molar-refractivity contribution in [2.75, 3.05) is 7.11 Å². The van der Waals surface area contributed by atoms with Crippen molar-refractivity contribution in [3.8, 4) is 5.75 Å². The average molecular weight is 367 g/mol. The summed E-state index contributed by atoms with van der Waals surface area (Å²) in [6.45, 7) is -0.305. The zero-order chi connectivity index (χ0) is 18.6. The Kier molecular flexibility index (Phi) is 5.50. The lowest BCUT2D eigenvalue weighted by atomic mass is 10.2. The van der Waals surface area contributed by atoms with E-state index in [1.807, 2.05) is 0 Å². The first kappa shape index (κ1) is 18.1. The molecule has 0 bridgehead atoms. The Labute approximate surface area is 146 Å². The molecule has 0 unspecified atom stereocenters. The molecule has 0 aliphatic heterocycles. The van der Waals surface area contributed by atoms with Gasteiger partial charge in [-0.3, -0.25) is 20.2 Å². The van der Waals surface area contributed by atoms with Crippen molar-refractivity contribution in [1.82, 2.24) is 0 Å². The smallest absolute Gasteiger partial charge is 0.338 e. The maximum Gasteiger partial charge on any atom is 0.338 e. The van der Waals surface area contributed by atoms with Gasteiger partial charge in [-0.15, -0.1) is 0 Å². The van der Waals surface area contributed by atoms with Crippen molar-refractivity contribution in [3.05, 3.63) is 72.8 Å². The highest BCUT2D eigenvalue weighted by Crippen LogP contribution is 2.27.